The van der Waals surface area contributed by atoms with Crippen molar-refractivity contribution in [3.8, 4) is 0 Å². The third-order valence-electron chi connectivity index (χ3n) is 0.858. The number of hydrogen-bond donors (Lipinski definition) is 3. The molecule has 1 amide bonds. The van der Waals surface area contributed by atoms with Crippen LogP contribution in [0.3, 0.4) is 0 Å². The maximum atomic E-state index is 10.3. The van der Waals surface area contributed by atoms with Crippen molar-refractivity contribution in [3.05, 3.63) is 0 Å². The largest absolute Gasteiger partial charge is 2.00 e. The Morgan fingerprint density at radius 1 is 1.67 bits per heavy atom. The zero-order valence-electron chi connectivity index (χ0n) is 8.91. The van der Waals surface area contributed by atoms with Crippen LogP contribution in [-0.4, -0.2) is 51.8 Å². The number of thiol groups is 1. The third kappa shape index (κ3) is 8.77. The summed E-state index contributed by atoms with van der Waals surface area (Å²) in [4.78, 5) is 20.5. The first-order valence-electron chi connectivity index (χ1n) is 2.68. The summed E-state index contributed by atoms with van der Waals surface area (Å²) in [6.07, 6.45) is 0. The SMILES string of the molecule is CC(=O)N[C@@H](CS)C(=O)O.[H-].[H-].[Mg+2].[Zn]. The van der Waals surface area contributed by atoms with Crippen molar-refractivity contribution in [2.75, 3.05) is 5.75 Å². The van der Waals surface area contributed by atoms with Gasteiger partial charge in [-0.15, -0.1) is 0 Å². The predicted octanol–water partition coefficient (Wildman–Crippen LogP) is -0.653. The van der Waals surface area contributed by atoms with Crippen molar-refractivity contribution in [1.29, 1.82) is 0 Å². The molecular weight excluding hydrogens is 244 g/mol. The molecule has 0 radical (unpaired) electrons. The van der Waals surface area contributed by atoms with E-state index in [2.05, 4.69) is 17.9 Å². The van der Waals surface area contributed by atoms with E-state index >= 15 is 0 Å². The van der Waals surface area contributed by atoms with Gasteiger partial charge in [-0.25, -0.2) is 4.79 Å². The van der Waals surface area contributed by atoms with Gasteiger partial charge in [0.1, 0.15) is 6.04 Å². The van der Waals surface area contributed by atoms with E-state index < -0.39 is 12.0 Å². The van der Waals surface area contributed by atoms with Crippen LogP contribution in [0.2, 0.25) is 0 Å². The van der Waals surface area contributed by atoms with Crippen molar-refractivity contribution in [1.82, 2.24) is 5.32 Å². The molecule has 0 heterocycles. The van der Waals surface area contributed by atoms with Crippen molar-refractivity contribution < 1.29 is 37.0 Å². The molecule has 0 unspecified atom stereocenters. The minimum absolute atomic E-state index is 0. The number of hydrogen-bond acceptors (Lipinski definition) is 3. The van der Waals surface area contributed by atoms with E-state index in [-0.39, 0.29) is 57.0 Å². The first-order valence-corrected chi connectivity index (χ1v) is 3.32. The average Bonchev–Trinajstić information content (AvgIpc) is 1.81. The summed E-state index contributed by atoms with van der Waals surface area (Å²) in [7, 11) is 0. The van der Waals surface area contributed by atoms with E-state index in [9.17, 15) is 9.59 Å². The number of carbonyl (C=O) groups excluding carboxylic acids is 1. The Labute approximate surface area is 108 Å². The number of nitrogens with one attached hydrogen (secondary N) is 1. The summed E-state index contributed by atoms with van der Waals surface area (Å²) >= 11 is 3.73. The standard InChI is InChI=1S/C5H9NO3S.Mg.Zn.2H/c1-3(7)6-4(2-10)5(8)9;;;;/h4,10H,2H2,1H3,(H,6,7)(H,8,9);;;;/q;+2;;2*-1/t4-;;;;/m0..../s1. The molecule has 0 aromatic heterocycles. The fraction of sp³-hybridized carbons (Fsp3) is 0.600. The molecule has 0 aliphatic rings. The van der Waals surface area contributed by atoms with Crippen molar-refractivity contribution in [2.45, 2.75) is 13.0 Å². The molecule has 0 rings (SSSR count). The molecule has 0 saturated carbocycles. The second kappa shape index (κ2) is 9.77. The van der Waals surface area contributed by atoms with Gasteiger partial charge in [0.2, 0.25) is 5.91 Å². The van der Waals surface area contributed by atoms with Crippen LogP contribution in [0.1, 0.15) is 9.78 Å². The van der Waals surface area contributed by atoms with Gasteiger partial charge in [0, 0.05) is 32.2 Å². The van der Waals surface area contributed by atoms with Gasteiger partial charge in [-0.3, -0.25) is 4.79 Å². The maximum Gasteiger partial charge on any atom is 2.00 e. The number of carboxylic acid groups (broad SMARTS) is 1. The van der Waals surface area contributed by atoms with Gasteiger partial charge in [-0.1, -0.05) is 0 Å². The molecule has 12 heavy (non-hydrogen) atoms. The molecule has 7 heteroatoms. The Kier molecular flexibility index (Phi) is 15.0. The number of carbonyl (C=O) groups is 2. The molecule has 0 aromatic carbocycles. The van der Waals surface area contributed by atoms with Crippen molar-refractivity contribution >= 4 is 47.6 Å². The summed E-state index contributed by atoms with van der Waals surface area (Å²) in [6, 6.07) is -0.874. The molecule has 0 spiro atoms. The summed E-state index contributed by atoms with van der Waals surface area (Å²) in [5.74, 6) is -1.32. The topological polar surface area (TPSA) is 66.4 Å². The minimum Gasteiger partial charge on any atom is -1.00 e. The van der Waals surface area contributed by atoms with E-state index in [1.165, 1.54) is 6.92 Å². The van der Waals surface area contributed by atoms with Gasteiger partial charge in [-0.2, -0.15) is 12.6 Å². The van der Waals surface area contributed by atoms with Crippen LogP contribution in [0.4, 0.5) is 0 Å². The second-order valence-corrected chi connectivity index (χ2v) is 2.14. The van der Waals surface area contributed by atoms with Crippen LogP contribution in [0.25, 0.3) is 0 Å². The molecule has 0 aliphatic heterocycles. The van der Waals surface area contributed by atoms with Gasteiger partial charge >= 0.3 is 29.0 Å². The minimum atomic E-state index is -1.06. The van der Waals surface area contributed by atoms with Crippen LogP contribution in [0.5, 0.6) is 0 Å². The maximum absolute atomic E-state index is 10.3. The molecule has 0 fully saturated rings. The van der Waals surface area contributed by atoms with Crippen LogP contribution in [0.15, 0.2) is 0 Å². The molecule has 0 aliphatic carbocycles. The number of aliphatic carboxylic acids is 1. The van der Waals surface area contributed by atoms with E-state index in [1.54, 1.807) is 0 Å². The third-order valence-corrected chi connectivity index (χ3v) is 1.22. The summed E-state index contributed by atoms with van der Waals surface area (Å²) in [5, 5.41) is 10.6. The molecule has 1 atom stereocenters. The van der Waals surface area contributed by atoms with Crippen LogP contribution < -0.4 is 5.32 Å². The number of amides is 1. The smallest absolute Gasteiger partial charge is 1.00 e. The Morgan fingerprint density at radius 2 is 2.08 bits per heavy atom. The van der Waals surface area contributed by atoms with Crippen LogP contribution in [0, 0.1) is 0 Å². The zero-order valence-corrected chi connectivity index (χ0v) is 12.2. The normalized spacial score (nSPS) is 10.2. The van der Waals surface area contributed by atoms with Crippen LogP contribution in [-0.2, 0) is 29.1 Å². The van der Waals surface area contributed by atoms with Crippen LogP contribution >= 0.6 is 12.6 Å². The Hall–Kier alpha value is 0.680. The Bertz CT molecular complexity index is 166. The van der Waals surface area contributed by atoms with Gasteiger partial charge in [-0.05, 0) is 0 Å². The molecular formula is C5H11MgNO3SZn. The fourth-order valence-corrected chi connectivity index (χ4v) is 0.678. The van der Waals surface area contributed by atoms with E-state index in [0.717, 1.165) is 0 Å². The monoisotopic (exact) mass is 253 g/mol. The molecule has 0 aromatic rings. The van der Waals surface area contributed by atoms with E-state index in [0.29, 0.717) is 0 Å². The summed E-state index contributed by atoms with van der Waals surface area (Å²) in [5.41, 5.74) is 0. The fourth-order valence-electron chi connectivity index (χ4n) is 0.431. The van der Waals surface area contributed by atoms with Gasteiger partial charge < -0.3 is 13.3 Å². The van der Waals surface area contributed by atoms with Crippen molar-refractivity contribution in [3.63, 3.8) is 0 Å². The second-order valence-electron chi connectivity index (χ2n) is 1.77. The van der Waals surface area contributed by atoms with E-state index in [1.807, 2.05) is 0 Å². The van der Waals surface area contributed by atoms with Gasteiger partial charge in [0.25, 0.3) is 0 Å². The molecule has 64 valence electrons. The Balaban J connectivity index is -0.0000000675. The summed E-state index contributed by atoms with van der Waals surface area (Å²) < 4.78 is 0. The quantitative estimate of drug-likeness (QED) is 0.463. The molecule has 0 saturated heterocycles. The number of carboxylic acids is 1. The van der Waals surface area contributed by atoms with E-state index in [4.69, 9.17) is 5.11 Å². The predicted molar refractivity (Wildman–Crippen MR) is 47.1 cm³/mol. The Morgan fingerprint density at radius 3 is 2.17 bits per heavy atom. The first-order chi connectivity index (χ1) is 4.57. The van der Waals surface area contributed by atoms with Gasteiger partial charge in [0.05, 0.1) is 0 Å². The molecule has 4 nitrogen and oxygen atoms in total. The molecule has 2 N–H and O–H groups in total. The number of rotatable bonds is 3. The van der Waals surface area contributed by atoms with Gasteiger partial charge in [0.15, 0.2) is 0 Å². The molecule has 0 bridgehead atoms. The average molecular weight is 255 g/mol. The van der Waals surface area contributed by atoms with Crippen molar-refractivity contribution in [2.24, 2.45) is 0 Å². The summed E-state index contributed by atoms with van der Waals surface area (Å²) in [6.45, 7) is 1.26. The first kappa shape index (κ1) is 18.5. The zero-order chi connectivity index (χ0) is 8.15.